The number of para-hydroxylation sites is 1. The van der Waals surface area contributed by atoms with Crippen LogP contribution in [0.15, 0.2) is 30.5 Å². The minimum Gasteiger partial charge on any atom is -0.468 e. The number of aromatic nitrogens is 1. The maximum Gasteiger partial charge on any atom is 0.405 e. The molecule has 0 radical (unpaired) electrons. The predicted octanol–water partition coefficient (Wildman–Crippen LogP) is 0.863. The van der Waals surface area contributed by atoms with Gasteiger partial charge in [-0.15, -0.1) is 0 Å². The Morgan fingerprint density at radius 2 is 2.00 bits per heavy atom. The third-order valence-corrected chi connectivity index (χ3v) is 3.79. The van der Waals surface area contributed by atoms with E-state index in [-0.39, 0.29) is 10.6 Å². The van der Waals surface area contributed by atoms with Crippen LogP contribution >= 0.6 is 0 Å². The number of hydrogen-bond acceptors (Lipinski definition) is 6. The van der Waals surface area contributed by atoms with Crippen molar-refractivity contribution >= 4 is 28.6 Å². The molecule has 2 heterocycles. The standard InChI is InChI=1S/C15H14N2O6/c1-21-14(18)12-11(13(15(19)22-2)23-17(12)20)9-7-16-10-6-4-3-5-8(9)10/h3-7,11,13,16H,1-2H3/t11-,13+/m1/s1. The topological polar surface area (TPSA) is 104 Å². The Balaban J connectivity index is 2.17. The third kappa shape index (κ3) is 2.28. The van der Waals surface area contributed by atoms with E-state index in [2.05, 4.69) is 14.5 Å². The molecule has 0 unspecified atom stereocenters. The molecule has 1 aliphatic rings. The summed E-state index contributed by atoms with van der Waals surface area (Å²) in [5.74, 6) is -2.54. The highest BCUT2D eigenvalue weighted by molar-refractivity contribution is 6.37. The Labute approximate surface area is 130 Å². The number of methoxy groups -OCH3 is 2. The van der Waals surface area contributed by atoms with Gasteiger partial charge in [0, 0.05) is 17.1 Å². The number of nitrogens with one attached hydrogen (secondary N) is 1. The van der Waals surface area contributed by atoms with E-state index in [1.807, 2.05) is 24.3 Å². The van der Waals surface area contributed by atoms with Gasteiger partial charge < -0.3 is 19.3 Å². The van der Waals surface area contributed by atoms with E-state index < -0.39 is 24.0 Å². The summed E-state index contributed by atoms with van der Waals surface area (Å²) in [6, 6.07) is 7.32. The number of rotatable bonds is 3. The lowest BCUT2D eigenvalue weighted by molar-refractivity contribution is -0.736. The van der Waals surface area contributed by atoms with Crippen LogP contribution < -0.4 is 0 Å². The quantitative estimate of drug-likeness (QED) is 0.665. The number of carbonyl (C=O) groups excluding carboxylic acids is 2. The maximum absolute atomic E-state index is 12.0. The molecule has 0 amide bonds. The smallest absolute Gasteiger partial charge is 0.405 e. The molecule has 23 heavy (non-hydrogen) atoms. The van der Waals surface area contributed by atoms with Crippen LogP contribution in [0.1, 0.15) is 11.5 Å². The number of nitrogens with zero attached hydrogens (tertiary/aromatic N) is 1. The summed E-state index contributed by atoms with van der Waals surface area (Å²) in [4.78, 5) is 32.0. The minimum atomic E-state index is -1.26. The average Bonchev–Trinajstić information content (AvgIpc) is 3.14. The van der Waals surface area contributed by atoms with Crippen molar-refractivity contribution in [1.82, 2.24) is 4.98 Å². The van der Waals surface area contributed by atoms with Crippen LogP contribution in [0.2, 0.25) is 0 Å². The first-order chi connectivity index (χ1) is 11.1. The first kappa shape index (κ1) is 14.9. The van der Waals surface area contributed by atoms with Crippen LogP contribution in [-0.4, -0.2) is 47.9 Å². The van der Waals surface area contributed by atoms with Gasteiger partial charge >= 0.3 is 17.7 Å². The van der Waals surface area contributed by atoms with Crippen molar-refractivity contribution in [3.8, 4) is 0 Å². The Hall–Kier alpha value is -3.03. The Bertz CT molecular complexity index is 809. The van der Waals surface area contributed by atoms with Crippen molar-refractivity contribution in [2.45, 2.75) is 12.0 Å². The van der Waals surface area contributed by atoms with Gasteiger partial charge in [-0.05, 0) is 11.6 Å². The van der Waals surface area contributed by atoms with Gasteiger partial charge in [0.05, 0.1) is 19.1 Å². The van der Waals surface area contributed by atoms with E-state index in [4.69, 9.17) is 4.84 Å². The maximum atomic E-state index is 12.0. The van der Waals surface area contributed by atoms with E-state index in [9.17, 15) is 14.8 Å². The highest BCUT2D eigenvalue weighted by atomic mass is 16.9. The van der Waals surface area contributed by atoms with Crippen LogP contribution in [0.5, 0.6) is 0 Å². The summed E-state index contributed by atoms with van der Waals surface area (Å²) in [6.45, 7) is 0. The van der Waals surface area contributed by atoms with Crippen molar-refractivity contribution in [2.75, 3.05) is 14.2 Å². The zero-order valence-electron chi connectivity index (χ0n) is 12.4. The number of H-pyrrole nitrogens is 1. The molecule has 0 aliphatic carbocycles. The molecule has 8 heteroatoms. The van der Waals surface area contributed by atoms with Gasteiger partial charge in [0.2, 0.25) is 0 Å². The molecule has 3 rings (SSSR count). The van der Waals surface area contributed by atoms with Gasteiger partial charge in [0.25, 0.3) is 0 Å². The molecular formula is C15H14N2O6. The number of esters is 2. The van der Waals surface area contributed by atoms with Crippen LogP contribution in [0, 0.1) is 5.21 Å². The molecule has 0 saturated carbocycles. The molecule has 0 fully saturated rings. The second-order valence-corrected chi connectivity index (χ2v) is 4.95. The zero-order chi connectivity index (χ0) is 16.6. The van der Waals surface area contributed by atoms with Crippen molar-refractivity contribution in [3.63, 3.8) is 0 Å². The number of carbonyl (C=O) groups is 2. The number of fused-ring (bicyclic) bond motifs is 1. The van der Waals surface area contributed by atoms with Gasteiger partial charge in [0.1, 0.15) is 5.92 Å². The number of benzene rings is 1. The van der Waals surface area contributed by atoms with E-state index in [0.29, 0.717) is 5.56 Å². The molecule has 2 atom stereocenters. The van der Waals surface area contributed by atoms with E-state index in [0.717, 1.165) is 18.0 Å². The largest absolute Gasteiger partial charge is 0.468 e. The Kier molecular flexibility index (Phi) is 3.65. The SMILES string of the molecule is COC(=O)C1=[N+]([O-])O[C@H](C(=O)OC)[C@@H]1c1c[nH]c2ccccc12. The average molecular weight is 318 g/mol. The van der Waals surface area contributed by atoms with Gasteiger partial charge in [-0.2, -0.15) is 0 Å². The highest BCUT2D eigenvalue weighted by Gasteiger charge is 2.50. The molecule has 120 valence electrons. The molecule has 1 aromatic heterocycles. The van der Waals surface area contributed by atoms with Crippen molar-refractivity contribution < 1.29 is 28.8 Å². The monoisotopic (exact) mass is 318 g/mol. The van der Waals surface area contributed by atoms with Crippen LogP contribution in [0.25, 0.3) is 10.9 Å². The Morgan fingerprint density at radius 3 is 2.70 bits per heavy atom. The van der Waals surface area contributed by atoms with Crippen molar-refractivity contribution in [3.05, 3.63) is 41.2 Å². The fourth-order valence-electron chi connectivity index (χ4n) is 2.74. The molecule has 2 aromatic rings. The number of ether oxygens (including phenoxy) is 2. The minimum absolute atomic E-state index is 0.0276. The second-order valence-electron chi connectivity index (χ2n) is 4.95. The van der Waals surface area contributed by atoms with Gasteiger partial charge in [0.15, 0.2) is 6.10 Å². The lowest BCUT2D eigenvalue weighted by atomic mass is 9.89. The van der Waals surface area contributed by atoms with E-state index in [1.165, 1.54) is 7.11 Å². The van der Waals surface area contributed by atoms with Crippen LogP contribution in [0.4, 0.5) is 0 Å². The summed E-state index contributed by atoms with van der Waals surface area (Å²) in [5, 5.41) is 12.8. The molecular weight excluding hydrogens is 304 g/mol. The third-order valence-electron chi connectivity index (χ3n) is 3.79. The summed E-state index contributed by atoms with van der Waals surface area (Å²) in [5.41, 5.74) is 1.09. The first-order valence-electron chi connectivity index (χ1n) is 6.81. The molecule has 1 aliphatic heterocycles. The lowest BCUT2D eigenvalue weighted by Gasteiger charge is -2.15. The predicted molar refractivity (Wildman–Crippen MR) is 78.6 cm³/mol. The normalized spacial score (nSPS) is 20.4. The molecule has 0 bridgehead atoms. The molecule has 0 spiro atoms. The molecule has 0 saturated heterocycles. The summed E-state index contributed by atoms with van der Waals surface area (Å²) >= 11 is 0. The second kappa shape index (κ2) is 5.64. The van der Waals surface area contributed by atoms with Crippen LogP contribution in [0.3, 0.4) is 0 Å². The Morgan fingerprint density at radius 1 is 1.26 bits per heavy atom. The van der Waals surface area contributed by atoms with Crippen LogP contribution in [-0.2, 0) is 23.9 Å². The fourth-order valence-corrected chi connectivity index (χ4v) is 2.74. The van der Waals surface area contributed by atoms with Gasteiger partial charge in [-0.25, -0.2) is 4.79 Å². The molecule has 1 N–H and O–H groups in total. The van der Waals surface area contributed by atoms with E-state index in [1.54, 1.807) is 6.20 Å². The highest BCUT2D eigenvalue weighted by Crippen LogP contribution is 2.34. The first-order valence-corrected chi connectivity index (χ1v) is 6.81. The molecule has 8 nitrogen and oxygen atoms in total. The zero-order valence-corrected chi connectivity index (χ0v) is 12.4. The number of hydrogen-bond donors (Lipinski definition) is 1. The van der Waals surface area contributed by atoms with Gasteiger partial charge in [-0.3, -0.25) is 10.0 Å². The van der Waals surface area contributed by atoms with Crippen molar-refractivity contribution in [1.29, 1.82) is 0 Å². The summed E-state index contributed by atoms with van der Waals surface area (Å²) in [7, 11) is 2.34. The fraction of sp³-hybridized carbons (Fsp3) is 0.267. The van der Waals surface area contributed by atoms with Crippen molar-refractivity contribution in [2.24, 2.45) is 0 Å². The van der Waals surface area contributed by atoms with Gasteiger partial charge in [-0.1, -0.05) is 18.2 Å². The number of aromatic amines is 1. The molecule has 1 aromatic carbocycles. The van der Waals surface area contributed by atoms with E-state index >= 15 is 0 Å². The summed E-state index contributed by atoms with van der Waals surface area (Å²) in [6.07, 6.45) is 0.377. The summed E-state index contributed by atoms with van der Waals surface area (Å²) < 4.78 is 9.33. The lowest BCUT2D eigenvalue weighted by Crippen LogP contribution is -2.33.